The average Bonchev–Trinajstić information content (AvgIpc) is 4.25. The molecule has 0 aliphatic carbocycles. The van der Waals surface area contributed by atoms with Crippen molar-refractivity contribution in [3.63, 3.8) is 0 Å². The molecular formula is C74H106O8Si. The van der Waals surface area contributed by atoms with E-state index in [1.165, 1.54) is 79.6 Å². The first kappa shape index (κ1) is 71.6. The van der Waals surface area contributed by atoms with Crippen molar-refractivity contribution in [1.82, 2.24) is 0 Å². The van der Waals surface area contributed by atoms with Crippen LogP contribution in [0.2, 0.25) is 18.1 Å². The molecule has 6 aromatic rings. The van der Waals surface area contributed by atoms with Gasteiger partial charge < -0.3 is 18.4 Å². The van der Waals surface area contributed by atoms with Gasteiger partial charge in [0.15, 0.2) is 8.32 Å². The molecule has 4 aromatic carbocycles. The van der Waals surface area contributed by atoms with E-state index in [2.05, 4.69) is 242 Å². The van der Waals surface area contributed by atoms with E-state index in [9.17, 15) is 5.11 Å². The summed E-state index contributed by atoms with van der Waals surface area (Å²) in [5.74, 6) is 4.06. The van der Waals surface area contributed by atoms with Crippen molar-refractivity contribution in [3.05, 3.63) is 164 Å². The Kier molecular flexibility index (Phi) is 27.1. The Labute approximate surface area is 503 Å². The lowest BCUT2D eigenvalue weighted by atomic mass is 9.69. The fourth-order valence-electron chi connectivity index (χ4n) is 11.4. The van der Waals surface area contributed by atoms with Gasteiger partial charge in [0, 0.05) is 34.8 Å². The van der Waals surface area contributed by atoms with Gasteiger partial charge in [0.25, 0.3) is 0 Å². The summed E-state index contributed by atoms with van der Waals surface area (Å²) in [5, 5.41) is 10.7. The fourth-order valence-corrected chi connectivity index (χ4v) is 13.0. The maximum Gasteiger partial charge on any atom is 0.373 e. The van der Waals surface area contributed by atoms with Crippen molar-refractivity contribution < 1.29 is 37.5 Å². The maximum absolute atomic E-state index is 10.5. The third kappa shape index (κ3) is 18.7. The number of aliphatic hydroxyl groups excluding tert-OH is 1. The fraction of sp³-hybridized carbons (Fsp3) is 0.541. The van der Waals surface area contributed by atoms with Crippen LogP contribution in [0.25, 0.3) is 22.6 Å². The van der Waals surface area contributed by atoms with Crippen LogP contribution in [0, 0.1) is 38.5 Å². The number of furan rings is 2. The van der Waals surface area contributed by atoms with Gasteiger partial charge >= 0.3 is 12.3 Å². The van der Waals surface area contributed by atoms with Crippen molar-refractivity contribution in [1.29, 1.82) is 0 Å². The van der Waals surface area contributed by atoms with E-state index in [0.29, 0.717) is 0 Å². The van der Waals surface area contributed by atoms with Gasteiger partial charge in [-0.25, -0.2) is 0 Å². The van der Waals surface area contributed by atoms with E-state index < -0.39 is 8.32 Å². The van der Waals surface area contributed by atoms with Crippen molar-refractivity contribution in [2.24, 2.45) is 10.8 Å². The highest BCUT2D eigenvalue weighted by atomic mass is 28.4. The van der Waals surface area contributed by atoms with Gasteiger partial charge in [-0.2, -0.15) is 19.2 Å². The molecule has 8 nitrogen and oxygen atoms in total. The maximum atomic E-state index is 10.5. The van der Waals surface area contributed by atoms with Gasteiger partial charge in [-0.1, -0.05) is 183 Å². The summed E-state index contributed by atoms with van der Waals surface area (Å²) in [6.07, 6.45) is 12.8. The predicted molar refractivity (Wildman–Crippen MR) is 344 cm³/mol. The molecule has 0 radical (unpaired) electrons. The highest BCUT2D eigenvalue weighted by molar-refractivity contribution is 6.74. The van der Waals surface area contributed by atoms with E-state index in [-0.39, 0.29) is 51.2 Å². The zero-order chi connectivity index (χ0) is 62.7. The summed E-state index contributed by atoms with van der Waals surface area (Å²) in [7, 11) is -1.85. The average molecular weight is 1150 g/mol. The molecule has 2 aromatic heterocycles. The highest BCUT2D eigenvalue weighted by Crippen LogP contribution is 2.45. The van der Waals surface area contributed by atoms with E-state index in [1.807, 2.05) is 0 Å². The van der Waals surface area contributed by atoms with Crippen LogP contribution in [-0.2, 0) is 60.1 Å². The normalized spacial score (nSPS) is 12.8. The van der Waals surface area contributed by atoms with Gasteiger partial charge in [0.2, 0.25) is 0 Å². The van der Waals surface area contributed by atoms with Crippen molar-refractivity contribution >= 4 is 20.6 Å². The molecule has 1 N–H and O–H groups in total. The van der Waals surface area contributed by atoms with Gasteiger partial charge in [0.1, 0.15) is 23.0 Å². The van der Waals surface area contributed by atoms with Crippen LogP contribution in [0.4, 0.5) is 0 Å². The lowest BCUT2D eigenvalue weighted by Gasteiger charge is -2.43. The first-order chi connectivity index (χ1) is 38.9. The SMILES string of the molecule is CCCCc1ccc(-c2ccc(C(CC)(CC)c3ccc(CCC(O[Si](C)(C)C(C)(C)C)C(C)(C)C)c(C)c3)cc2C)o1.CCc1ccc(-c2ccc(C(CC)(CC)c3ccc(CCC(O)C(C)(C)C)c(C)c3)cc2C)o1.O=C=O.O=C=O. The second-order valence-corrected chi connectivity index (χ2v) is 31.5. The topological polar surface area (TPSA) is 124 Å². The molecule has 0 aliphatic rings. The molecular weight excluding hydrogens is 1040 g/mol. The molecule has 454 valence electrons. The van der Waals surface area contributed by atoms with Gasteiger partial charge in [-0.05, 0) is 194 Å². The monoisotopic (exact) mass is 1150 g/mol. The minimum atomic E-state index is -1.85. The number of hydrogen-bond donors (Lipinski definition) is 1. The van der Waals surface area contributed by atoms with Crippen molar-refractivity contribution in [3.8, 4) is 22.6 Å². The second kappa shape index (κ2) is 31.5. The lowest BCUT2D eigenvalue weighted by Crippen LogP contribution is -2.47. The largest absolute Gasteiger partial charge is 0.461 e. The first-order valence-electron chi connectivity index (χ1n) is 30.8. The van der Waals surface area contributed by atoms with Crippen molar-refractivity contribution in [2.45, 2.75) is 250 Å². The number of hydrogen-bond acceptors (Lipinski definition) is 8. The second-order valence-electron chi connectivity index (χ2n) is 26.8. The molecule has 2 atom stereocenters. The number of benzene rings is 4. The van der Waals surface area contributed by atoms with E-state index in [4.69, 9.17) is 32.4 Å². The summed E-state index contributed by atoms with van der Waals surface area (Å²) in [4.78, 5) is 32.5. The zero-order valence-electron chi connectivity index (χ0n) is 55.2. The third-order valence-corrected chi connectivity index (χ3v) is 22.8. The van der Waals surface area contributed by atoms with Crippen LogP contribution in [0.3, 0.4) is 0 Å². The number of aliphatic hydroxyl groups is 1. The van der Waals surface area contributed by atoms with Crippen LogP contribution in [0.15, 0.2) is 106 Å². The minimum absolute atomic E-state index is 0.0125. The molecule has 83 heavy (non-hydrogen) atoms. The molecule has 0 spiro atoms. The Balaban J connectivity index is 0.000000406. The predicted octanol–water partition coefficient (Wildman–Crippen LogP) is 19.8. The standard InChI is InChI=1S/C40H62O2Si.C32H44O2.2CO2/c1-14-17-18-34-23-25-36(41-34)35-24-22-33(28-30(35)5)40(15-2,16-3)32-21-19-31(29(4)27-32)20-26-37(38(6,7)8)42-43(12,13)39(9,10)11;1-9-27-16-18-29(34-27)28-17-15-26(21-23(28)5)32(10-2,11-3)25-14-12-24(22(4)20-25)13-19-30(33)31(6,7)8;2*2-1-3/h19,21-25,27-28,37H,14-18,20,26H2,1-13H3;12,14-18,20-21,30,33H,9-11,13,19H2,1-8H3;;. The quantitative estimate of drug-likeness (QED) is 0.0667. The minimum Gasteiger partial charge on any atom is -0.461 e. The van der Waals surface area contributed by atoms with Crippen molar-refractivity contribution in [2.75, 3.05) is 0 Å². The Morgan fingerprint density at radius 3 is 1.19 bits per heavy atom. The third-order valence-electron chi connectivity index (χ3n) is 18.3. The molecule has 2 unspecified atom stereocenters. The molecule has 0 fully saturated rings. The molecule has 9 heteroatoms. The summed E-state index contributed by atoms with van der Waals surface area (Å²) >= 11 is 0. The molecule has 6 rings (SSSR count). The first-order valence-corrected chi connectivity index (χ1v) is 33.7. The van der Waals surface area contributed by atoms with E-state index >= 15 is 0 Å². The smallest absolute Gasteiger partial charge is 0.373 e. The summed E-state index contributed by atoms with van der Waals surface area (Å²) in [5.41, 5.74) is 16.0. The molecule has 0 aliphatic heterocycles. The number of unbranched alkanes of at least 4 members (excludes halogenated alkanes) is 1. The lowest BCUT2D eigenvalue weighted by molar-refractivity contribution is -0.193. The Hall–Kier alpha value is -5.66. The van der Waals surface area contributed by atoms with Gasteiger partial charge in [0.05, 0.1) is 12.2 Å². The summed E-state index contributed by atoms with van der Waals surface area (Å²) < 4.78 is 19.3. The molecule has 0 saturated heterocycles. The Morgan fingerprint density at radius 2 is 0.867 bits per heavy atom. The van der Waals surface area contributed by atoms with Crippen LogP contribution in [0.1, 0.15) is 222 Å². The Bertz CT molecular complexity index is 3000. The van der Waals surface area contributed by atoms with Crippen LogP contribution >= 0.6 is 0 Å². The molecule has 0 bridgehead atoms. The number of aryl methyl sites for hydroxylation is 8. The number of carbonyl (C=O) groups excluding carboxylic acids is 4. The van der Waals surface area contributed by atoms with Crippen LogP contribution < -0.4 is 0 Å². The Morgan fingerprint density at radius 1 is 0.494 bits per heavy atom. The highest BCUT2D eigenvalue weighted by Gasteiger charge is 2.42. The molecule has 0 amide bonds. The van der Waals surface area contributed by atoms with Gasteiger partial charge in [-0.3, -0.25) is 0 Å². The zero-order valence-corrected chi connectivity index (χ0v) is 56.2. The molecule has 2 heterocycles. The van der Waals surface area contributed by atoms with Crippen LogP contribution in [0.5, 0.6) is 0 Å². The van der Waals surface area contributed by atoms with Crippen LogP contribution in [-0.4, -0.2) is 37.9 Å². The van der Waals surface area contributed by atoms with E-state index in [1.54, 1.807) is 0 Å². The molecule has 0 saturated carbocycles. The van der Waals surface area contributed by atoms with E-state index in [0.717, 1.165) is 87.2 Å². The van der Waals surface area contributed by atoms with Gasteiger partial charge in [-0.15, -0.1) is 0 Å². The number of rotatable bonds is 22. The summed E-state index contributed by atoms with van der Waals surface area (Å²) in [6.45, 7) is 47.7. The summed E-state index contributed by atoms with van der Waals surface area (Å²) in [6, 6.07) is 36.7.